The van der Waals surface area contributed by atoms with Gasteiger partial charge in [-0.3, -0.25) is 0 Å². The number of rotatable bonds is 4. The molecule has 2 unspecified atom stereocenters. The highest BCUT2D eigenvalue weighted by molar-refractivity contribution is 5.30. The molecule has 0 bridgehead atoms. The first-order chi connectivity index (χ1) is 7.79. The molecule has 0 spiro atoms. The van der Waals surface area contributed by atoms with Crippen molar-refractivity contribution in [2.75, 3.05) is 0 Å². The van der Waals surface area contributed by atoms with Crippen LogP contribution in [0.2, 0.25) is 0 Å². The first-order valence-corrected chi connectivity index (χ1v) is 6.23. The predicted octanol–water partition coefficient (Wildman–Crippen LogP) is 3.10. The first-order valence-electron chi connectivity index (χ1n) is 6.23. The van der Waals surface area contributed by atoms with E-state index in [4.69, 9.17) is 0 Å². The van der Waals surface area contributed by atoms with Crippen LogP contribution in [-0.4, -0.2) is 12.1 Å². The van der Waals surface area contributed by atoms with Crippen LogP contribution in [0.3, 0.4) is 0 Å². The quantitative estimate of drug-likeness (QED) is 0.761. The van der Waals surface area contributed by atoms with Crippen molar-refractivity contribution in [3.8, 4) is 0 Å². The number of hydrogen-bond acceptors (Lipinski definition) is 1. The highest BCUT2D eigenvalue weighted by atomic mass is 14.9. The average Bonchev–Trinajstić information content (AvgIpc) is 2.29. The van der Waals surface area contributed by atoms with Crippen LogP contribution in [0.25, 0.3) is 0 Å². The van der Waals surface area contributed by atoms with Crippen LogP contribution in [0, 0.1) is 0 Å². The molecule has 0 amide bonds. The van der Waals surface area contributed by atoms with Crippen molar-refractivity contribution in [3.05, 3.63) is 48.0 Å². The zero-order valence-electron chi connectivity index (χ0n) is 10.1. The second kappa shape index (κ2) is 5.31. The van der Waals surface area contributed by atoms with E-state index in [1.807, 2.05) is 6.08 Å². The summed E-state index contributed by atoms with van der Waals surface area (Å²) in [5.41, 5.74) is 3.06. The van der Waals surface area contributed by atoms with Gasteiger partial charge < -0.3 is 5.32 Å². The standard InChI is InChI=1S/C15H21N/c1-3-6-12(2)16-15-10-9-13-7-4-5-8-14(13)11-15/h3-5,7-8,12,15-16H,1,6,9-11H2,2H3. The lowest BCUT2D eigenvalue weighted by Gasteiger charge is -2.28. The monoisotopic (exact) mass is 215 g/mol. The Morgan fingerprint density at radius 1 is 1.44 bits per heavy atom. The second-order valence-electron chi connectivity index (χ2n) is 4.80. The molecule has 0 radical (unpaired) electrons. The van der Waals surface area contributed by atoms with E-state index in [1.165, 1.54) is 30.4 Å². The molecule has 1 heteroatoms. The molecule has 2 atom stereocenters. The van der Waals surface area contributed by atoms with Crippen LogP contribution < -0.4 is 5.32 Å². The van der Waals surface area contributed by atoms with E-state index in [0.717, 1.165) is 6.42 Å². The second-order valence-corrected chi connectivity index (χ2v) is 4.80. The van der Waals surface area contributed by atoms with Gasteiger partial charge in [0.15, 0.2) is 0 Å². The molecule has 0 heterocycles. The smallest absolute Gasteiger partial charge is 0.0113 e. The fraction of sp³-hybridized carbons (Fsp3) is 0.467. The molecular formula is C15H21N. The molecule has 0 saturated carbocycles. The van der Waals surface area contributed by atoms with Crippen molar-refractivity contribution < 1.29 is 0 Å². The zero-order chi connectivity index (χ0) is 11.4. The van der Waals surface area contributed by atoms with Gasteiger partial charge >= 0.3 is 0 Å². The van der Waals surface area contributed by atoms with E-state index in [-0.39, 0.29) is 0 Å². The Bertz CT molecular complexity index is 356. The van der Waals surface area contributed by atoms with Gasteiger partial charge in [-0.15, -0.1) is 6.58 Å². The molecule has 1 nitrogen and oxygen atoms in total. The van der Waals surface area contributed by atoms with E-state index in [2.05, 4.69) is 43.1 Å². The summed E-state index contributed by atoms with van der Waals surface area (Å²) in [4.78, 5) is 0. The molecular weight excluding hydrogens is 194 g/mol. The largest absolute Gasteiger partial charge is 0.311 e. The summed E-state index contributed by atoms with van der Waals surface area (Å²) in [6.07, 6.45) is 6.71. The third-order valence-electron chi connectivity index (χ3n) is 3.39. The Hall–Kier alpha value is -1.08. The lowest BCUT2D eigenvalue weighted by Crippen LogP contribution is -2.39. The third kappa shape index (κ3) is 2.73. The van der Waals surface area contributed by atoms with Crippen molar-refractivity contribution >= 4 is 0 Å². The third-order valence-corrected chi connectivity index (χ3v) is 3.39. The fourth-order valence-corrected chi connectivity index (χ4v) is 2.56. The van der Waals surface area contributed by atoms with Gasteiger partial charge in [0.2, 0.25) is 0 Å². The Kier molecular flexibility index (Phi) is 3.79. The summed E-state index contributed by atoms with van der Waals surface area (Å²) < 4.78 is 0. The Morgan fingerprint density at radius 2 is 2.19 bits per heavy atom. The number of nitrogens with one attached hydrogen (secondary N) is 1. The molecule has 0 fully saturated rings. The molecule has 0 aromatic heterocycles. The van der Waals surface area contributed by atoms with Crippen molar-refractivity contribution in [3.63, 3.8) is 0 Å². The van der Waals surface area contributed by atoms with Crippen LogP contribution in [0.15, 0.2) is 36.9 Å². The minimum atomic E-state index is 0.549. The van der Waals surface area contributed by atoms with E-state index in [0.29, 0.717) is 12.1 Å². The molecule has 0 aliphatic heterocycles. The van der Waals surface area contributed by atoms with Gasteiger partial charge in [0, 0.05) is 12.1 Å². The van der Waals surface area contributed by atoms with E-state index < -0.39 is 0 Å². The summed E-state index contributed by atoms with van der Waals surface area (Å²) in [6, 6.07) is 10.0. The van der Waals surface area contributed by atoms with Gasteiger partial charge in [-0.2, -0.15) is 0 Å². The minimum Gasteiger partial charge on any atom is -0.311 e. The Labute approximate surface area is 98.6 Å². The molecule has 16 heavy (non-hydrogen) atoms. The fourth-order valence-electron chi connectivity index (χ4n) is 2.56. The van der Waals surface area contributed by atoms with E-state index >= 15 is 0 Å². The number of benzene rings is 1. The van der Waals surface area contributed by atoms with Crippen molar-refractivity contribution in [1.82, 2.24) is 5.32 Å². The molecule has 86 valence electrons. The zero-order valence-corrected chi connectivity index (χ0v) is 10.1. The van der Waals surface area contributed by atoms with Gasteiger partial charge in [-0.1, -0.05) is 30.3 Å². The van der Waals surface area contributed by atoms with Gasteiger partial charge in [0.1, 0.15) is 0 Å². The highest BCUT2D eigenvalue weighted by Crippen LogP contribution is 2.21. The molecule has 1 aromatic rings. The maximum atomic E-state index is 3.79. The highest BCUT2D eigenvalue weighted by Gasteiger charge is 2.18. The first kappa shape index (κ1) is 11.4. The molecule has 1 aromatic carbocycles. The maximum Gasteiger partial charge on any atom is 0.0113 e. The van der Waals surface area contributed by atoms with Crippen LogP contribution in [0.1, 0.15) is 30.9 Å². The van der Waals surface area contributed by atoms with Crippen LogP contribution in [-0.2, 0) is 12.8 Å². The normalized spacial score (nSPS) is 21.2. The summed E-state index contributed by atoms with van der Waals surface area (Å²) >= 11 is 0. The average molecular weight is 215 g/mol. The van der Waals surface area contributed by atoms with Crippen LogP contribution in [0.4, 0.5) is 0 Å². The topological polar surface area (TPSA) is 12.0 Å². The summed E-state index contributed by atoms with van der Waals surface area (Å²) in [5.74, 6) is 0. The van der Waals surface area contributed by atoms with Gasteiger partial charge in [-0.25, -0.2) is 0 Å². The summed E-state index contributed by atoms with van der Waals surface area (Å²) in [6.45, 7) is 6.03. The number of hydrogen-bond donors (Lipinski definition) is 1. The lowest BCUT2D eigenvalue weighted by molar-refractivity contribution is 0.408. The number of aryl methyl sites for hydroxylation is 1. The molecule has 2 rings (SSSR count). The van der Waals surface area contributed by atoms with Crippen LogP contribution >= 0.6 is 0 Å². The van der Waals surface area contributed by atoms with Crippen molar-refractivity contribution in [2.24, 2.45) is 0 Å². The SMILES string of the molecule is C=CCC(C)NC1CCc2ccccc2C1. The minimum absolute atomic E-state index is 0.549. The van der Waals surface area contributed by atoms with E-state index in [9.17, 15) is 0 Å². The summed E-state index contributed by atoms with van der Waals surface area (Å²) in [5, 5.41) is 3.69. The van der Waals surface area contributed by atoms with Gasteiger partial charge in [0.05, 0.1) is 0 Å². The lowest BCUT2D eigenvalue weighted by atomic mass is 9.88. The molecule has 0 saturated heterocycles. The number of fused-ring (bicyclic) bond motifs is 1. The van der Waals surface area contributed by atoms with Crippen molar-refractivity contribution in [2.45, 2.75) is 44.7 Å². The van der Waals surface area contributed by atoms with Crippen molar-refractivity contribution in [1.29, 1.82) is 0 Å². The van der Waals surface area contributed by atoms with Gasteiger partial charge in [-0.05, 0) is 43.7 Å². The summed E-state index contributed by atoms with van der Waals surface area (Å²) in [7, 11) is 0. The predicted molar refractivity (Wildman–Crippen MR) is 69.7 cm³/mol. The maximum absolute atomic E-state index is 3.79. The molecule has 1 aliphatic rings. The molecule has 1 aliphatic carbocycles. The Balaban J connectivity index is 1.95. The molecule has 1 N–H and O–H groups in total. The Morgan fingerprint density at radius 3 is 2.94 bits per heavy atom. The van der Waals surface area contributed by atoms with Crippen LogP contribution in [0.5, 0.6) is 0 Å². The van der Waals surface area contributed by atoms with E-state index in [1.54, 1.807) is 0 Å². The van der Waals surface area contributed by atoms with Gasteiger partial charge in [0.25, 0.3) is 0 Å².